The smallest absolute Gasteiger partial charge is 0.108 e. The first kappa shape index (κ1) is 8.89. The van der Waals surface area contributed by atoms with Crippen LogP contribution in [0.5, 0.6) is 0 Å². The molecule has 1 aliphatic rings. The summed E-state index contributed by atoms with van der Waals surface area (Å²) in [6, 6.07) is 0. The van der Waals surface area contributed by atoms with E-state index < -0.39 is 18.3 Å². The second kappa shape index (κ2) is 3.46. The van der Waals surface area contributed by atoms with E-state index in [0.717, 1.165) is 0 Å². The summed E-state index contributed by atoms with van der Waals surface area (Å²) in [5, 5.41) is 27.4. The molecule has 0 aromatic heterocycles. The van der Waals surface area contributed by atoms with Gasteiger partial charge < -0.3 is 21.1 Å². The van der Waals surface area contributed by atoms with Crippen LogP contribution in [0.15, 0.2) is 0 Å². The monoisotopic (exact) mass is 162 g/mol. The third-order valence-corrected chi connectivity index (χ3v) is 1.94. The summed E-state index contributed by atoms with van der Waals surface area (Å²) in [5.74, 6) is 0. The van der Waals surface area contributed by atoms with Crippen molar-refractivity contribution in [2.75, 3.05) is 19.8 Å². The van der Waals surface area contributed by atoms with Crippen LogP contribution in [0, 0.1) is 0 Å². The first-order valence-electron chi connectivity index (χ1n) is 3.61. The number of β-amino-alcohol motifs (C(OH)–C–C–N with tert-alkyl or cyclic N) is 2. The molecule has 0 aromatic carbocycles. The van der Waals surface area contributed by atoms with E-state index in [1.54, 1.807) is 4.90 Å². The second-order valence-electron chi connectivity index (χ2n) is 2.84. The van der Waals surface area contributed by atoms with Crippen molar-refractivity contribution >= 4 is 0 Å². The summed E-state index contributed by atoms with van der Waals surface area (Å²) in [4.78, 5) is 1.68. The van der Waals surface area contributed by atoms with E-state index in [2.05, 4.69) is 0 Å². The molecule has 0 radical (unpaired) electrons. The van der Waals surface area contributed by atoms with Gasteiger partial charge >= 0.3 is 0 Å². The first-order chi connectivity index (χ1) is 5.15. The molecule has 66 valence electrons. The average Bonchev–Trinajstić information content (AvgIpc) is 1.99. The standard InChI is InChI=1S/C6H14N2O3/c7-3-8-1-4(9)6(11)5(10)2-8/h4-6,9-11H,1-3,7H2. The number of piperidine rings is 1. The number of aliphatic hydroxyl groups is 3. The van der Waals surface area contributed by atoms with E-state index in [4.69, 9.17) is 21.1 Å². The molecule has 0 spiro atoms. The van der Waals surface area contributed by atoms with Crippen molar-refractivity contribution in [3.05, 3.63) is 0 Å². The van der Waals surface area contributed by atoms with Crippen LogP contribution in [0.2, 0.25) is 0 Å². The molecular weight excluding hydrogens is 148 g/mol. The van der Waals surface area contributed by atoms with Crippen LogP contribution in [0.1, 0.15) is 0 Å². The molecule has 11 heavy (non-hydrogen) atoms. The number of nitrogens with zero attached hydrogens (tertiary/aromatic N) is 1. The number of likely N-dealkylation sites (tertiary alicyclic amines) is 1. The van der Waals surface area contributed by atoms with Crippen molar-refractivity contribution in [2.24, 2.45) is 5.73 Å². The van der Waals surface area contributed by atoms with E-state index in [0.29, 0.717) is 19.8 Å². The van der Waals surface area contributed by atoms with Gasteiger partial charge in [-0.2, -0.15) is 0 Å². The Bertz CT molecular complexity index is 121. The SMILES string of the molecule is NCN1CC(O)C(O)C(O)C1. The Balaban J connectivity index is 2.47. The first-order valence-corrected chi connectivity index (χ1v) is 3.61. The number of hydrogen-bond acceptors (Lipinski definition) is 5. The highest BCUT2D eigenvalue weighted by atomic mass is 16.4. The molecule has 0 bridgehead atoms. The van der Waals surface area contributed by atoms with E-state index in [9.17, 15) is 0 Å². The lowest BCUT2D eigenvalue weighted by Gasteiger charge is -2.35. The van der Waals surface area contributed by atoms with Crippen LogP contribution in [0.4, 0.5) is 0 Å². The molecule has 5 nitrogen and oxygen atoms in total. The van der Waals surface area contributed by atoms with Gasteiger partial charge in [0.2, 0.25) is 0 Å². The molecule has 5 heteroatoms. The Labute approximate surface area is 65.0 Å². The summed E-state index contributed by atoms with van der Waals surface area (Å²) >= 11 is 0. The van der Waals surface area contributed by atoms with Gasteiger partial charge in [0.1, 0.15) is 6.10 Å². The third kappa shape index (κ3) is 1.88. The molecule has 0 saturated carbocycles. The molecule has 1 saturated heterocycles. The van der Waals surface area contributed by atoms with Gasteiger partial charge in [0.15, 0.2) is 0 Å². The Morgan fingerprint density at radius 1 is 1.18 bits per heavy atom. The van der Waals surface area contributed by atoms with Crippen LogP contribution in [-0.4, -0.2) is 58.3 Å². The van der Waals surface area contributed by atoms with E-state index in [1.807, 2.05) is 0 Å². The summed E-state index contributed by atoms with van der Waals surface area (Å²) in [6.07, 6.45) is -2.80. The molecule has 5 N–H and O–H groups in total. The van der Waals surface area contributed by atoms with Gasteiger partial charge in [-0.05, 0) is 0 Å². The second-order valence-corrected chi connectivity index (χ2v) is 2.84. The lowest BCUT2D eigenvalue weighted by Crippen LogP contribution is -2.56. The van der Waals surface area contributed by atoms with E-state index in [1.165, 1.54) is 0 Å². The Hall–Kier alpha value is -0.200. The van der Waals surface area contributed by atoms with Crippen molar-refractivity contribution in [1.29, 1.82) is 0 Å². The summed E-state index contributed by atoms with van der Waals surface area (Å²) in [5.41, 5.74) is 5.30. The zero-order chi connectivity index (χ0) is 8.43. The van der Waals surface area contributed by atoms with E-state index >= 15 is 0 Å². The normalized spacial score (nSPS) is 40.9. The summed E-state index contributed by atoms with van der Waals surface area (Å²) in [7, 11) is 0. The van der Waals surface area contributed by atoms with Crippen LogP contribution in [-0.2, 0) is 0 Å². The minimum Gasteiger partial charge on any atom is -0.389 e. The fraction of sp³-hybridized carbons (Fsp3) is 1.00. The molecule has 0 aromatic rings. The highest BCUT2D eigenvalue weighted by molar-refractivity contribution is 4.85. The summed E-state index contributed by atoms with van der Waals surface area (Å²) in [6.45, 7) is 0.949. The van der Waals surface area contributed by atoms with Crippen molar-refractivity contribution in [2.45, 2.75) is 18.3 Å². The largest absolute Gasteiger partial charge is 0.389 e. The Morgan fingerprint density at radius 2 is 1.64 bits per heavy atom. The van der Waals surface area contributed by atoms with Crippen molar-refractivity contribution in [3.63, 3.8) is 0 Å². The van der Waals surface area contributed by atoms with Crippen molar-refractivity contribution < 1.29 is 15.3 Å². The topological polar surface area (TPSA) is 90.0 Å². The maximum atomic E-state index is 9.14. The fourth-order valence-electron chi connectivity index (χ4n) is 1.23. The van der Waals surface area contributed by atoms with Gasteiger partial charge in [-0.15, -0.1) is 0 Å². The zero-order valence-corrected chi connectivity index (χ0v) is 6.22. The Morgan fingerprint density at radius 3 is 2.00 bits per heavy atom. The van der Waals surface area contributed by atoms with Crippen molar-refractivity contribution in [1.82, 2.24) is 4.90 Å². The van der Waals surface area contributed by atoms with Crippen LogP contribution in [0.3, 0.4) is 0 Å². The third-order valence-electron chi connectivity index (χ3n) is 1.94. The average molecular weight is 162 g/mol. The Kier molecular flexibility index (Phi) is 2.80. The lowest BCUT2D eigenvalue weighted by atomic mass is 10.0. The molecule has 1 aliphatic heterocycles. The highest BCUT2D eigenvalue weighted by Gasteiger charge is 2.32. The maximum absolute atomic E-state index is 9.14. The minimum atomic E-state index is -1.03. The number of nitrogens with two attached hydrogens (primary N) is 1. The van der Waals surface area contributed by atoms with Gasteiger partial charge in [-0.3, -0.25) is 4.90 Å². The molecule has 1 fully saturated rings. The molecule has 0 aliphatic carbocycles. The predicted octanol–water partition coefficient (Wildman–Crippen LogP) is -2.70. The maximum Gasteiger partial charge on any atom is 0.108 e. The molecule has 0 amide bonds. The van der Waals surface area contributed by atoms with Gasteiger partial charge in [-0.25, -0.2) is 0 Å². The number of aliphatic hydroxyl groups excluding tert-OH is 3. The van der Waals surface area contributed by atoms with Crippen LogP contribution >= 0.6 is 0 Å². The van der Waals surface area contributed by atoms with Gasteiger partial charge in [-0.1, -0.05) is 0 Å². The molecule has 2 atom stereocenters. The zero-order valence-electron chi connectivity index (χ0n) is 6.22. The van der Waals surface area contributed by atoms with Gasteiger partial charge in [0, 0.05) is 19.8 Å². The summed E-state index contributed by atoms with van der Waals surface area (Å²) < 4.78 is 0. The highest BCUT2D eigenvalue weighted by Crippen LogP contribution is 2.09. The van der Waals surface area contributed by atoms with Gasteiger partial charge in [0.05, 0.1) is 12.2 Å². The lowest BCUT2D eigenvalue weighted by molar-refractivity contribution is -0.109. The molecule has 2 unspecified atom stereocenters. The quantitative estimate of drug-likeness (QED) is 0.337. The van der Waals surface area contributed by atoms with Crippen LogP contribution in [0.25, 0.3) is 0 Å². The molecule has 1 heterocycles. The van der Waals surface area contributed by atoms with E-state index in [-0.39, 0.29) is 0 Å². The molecular formula is C6H14N2O3. The minimum absolute atomic E-state index is 0.292. The number of rotatable bonds is 1. The molecule has 1 rings (SSSR count). The van der Waals surface area contributed by atoms with Crippen LogP contribution < -0.4 is 5.73 Å². The number of hydrogen-bond donors (Lipinski definition) is 4. The predicted molar refractivity (Wildman–Crippen MR) is 38.6 cm³/mol. The van der Waals surface area contributed by atoms with Gasteiger partial charge in [0.25, 0.3) is 0 Å². The van der Waals surface area contributed by atoms with Crippen molar-refractivity contribution in [3.8, 4) is 0 Å². The fourth-order valence-corrected chi connectivity index (χ4v) is 1.23.